The zero-order chi connectivity index (χ0) is 28.9. The van der Waals surface area contributed by atoms with Crippen molar-refractivity contribution in [3.63, 3.8) is 0 Å². The minimum Gasteiger partial charge on any atom is -0.481 e. The van der Waals surface area contributed by atoms with Crippen molar-refractivity contribution in [3.05, 3.63) is 71.8 Å². The quantitative estimate of drug-likeness (QED) is 0.156. The van der Waals surface area contributed by atoms with E-state index in [4.69, 9.17) is 10.8 Å². The molecular weight excluding hydrogens is 508 g/mol. The number of amides is 3. The van der Waals surface area contributed by atoms with Gasteiger partial charge in [0.1, 0.15) is 24.2 Å². The first-order valence-corrected chi connectivity index (χ1v) is 12.3. The molecule has 12 nitrogen and oxygen atoms in total. The van der Waals surface area contributed by atoms with E-state index in [1.807, 2.05) is 0 Å². The van der Waals surface area contributed by atoms with Gasteiger partial charge >= 0.3 is 11.9 Å². The lowest BCUT2D eigenvalue weighted by atomic mass is 10.0. The highest BCUT2D eigenvalue weighted by molar-refractivity contribution is 5.94. The Kier molecular flexibility index (Phi) is 12.1. The number of carboxylic acids is 2. The summed E-state index contributed by atoms with van der Waals surface area (Å²) in [7, 11) is 0. The number of carbonyl (C=O) groups excluding carboxylic acids is 3. The Morgan fingerprint density at radius 2 is 1.15 bits per heavy atom. The summed E-state index contributed by atoms with van der Waals surface area (Å²) in [6.45, 7) is 1.28. The Hall–Kier alpha value is -4.29. The van der Waals surface area contributed by atoms with Gasteiger partial charge in [0.05, 0.1) is 6.10 Å². The normalized spacial score (nSPS) is 14.6. The summed E-state index contributed by atoms with van der Waals surface area (Å²) < 4.78 is 0. The first-order chi connectivity index (χ1) is 18.5. The standard InChI is InChI=1S/C27H34N4O8/c1-16(32)23(28)26(37)29-19(12-13-22(33)34)24(35)30-20(14-17-8-4-2-5-9-17)25(36)31-21(27(38)39)15-18-10-6-3-7-11-18/h2-11,16,19-21,23,32H,12-15,28H2,1H3,(H,29,37)(H,30,35)(H,31,36)(H,33,34)(H,38,39). The fourth-order valence-corrected chi connectivity index (χ4v) is 3.68. The summed E-state index contributed by atoms with van der Waals surface area (Å²) in [6.07, 6.45) is -2.03. The van der Waals surface area contributed by atoms with Crippen molar-refractivity contribution in [2.24, 2.45) is 5.73 Å². The number of aliphatic hydroxyl groups excluding tert-OH is 1. The summed E-state index contributed by atoms with van der Waals surface area (Å²) in [4.78, 5) is 61.9. The molecular formula is C27H34N4O8. The third-order valence-corrected chi connectivity index (χ3v) is 5.92. The number of benzene rings is 2. The van der Waals surface area contributed by atoms with Crippen LogP contribution in [0.4, 0.5) is 0 Å². The first kappa shape index (κ1) is 30.9. The van der Waals surface area contributed by atoms with Crippen molar-refractivity contribution in [2.75, 3.05) is 0 Å². The van der Waals surface area contributed by atoms with Crippen LogP contribution < -0.4 is 21.7 Å². The molecule has 0 spiro atoms. The number of aliphatic hydroxyl groups is 1. The van der Waals surface area contributed by atoms with E-state index >= 15 is 0 Å². The lowest BCUT2D eigenvalue weighted by molar-refractivity contribution is -0.142. The number of carboxylic acid groups (broad SMARTS) is 2. The molecule has 39 heavy (non-hydrogen) atoms. The summed E-state index contributed by atoms with van der Waals surface area (Å²) in [6, 6.07) is 12.1. The average Bonchev–Trinajstić information content (AvgIpc) is 2.90. The van der Waals surface area contributed by atoms with Crippen LogP contribution in [0.1, 0.15) is 30.9 Å². The maximum atomic E-state index is 13.3. The molecule has 3 amide bonds. The highest BCUT2D eigenvalue weighted by Crippen LogP contribution is 2.08. The Labute approximate surface area is 225 Å². The summed E-state index contributed by atoms with van der Waals surface area (Å²) >= 11 is 0. The maximum absolute atomic E-state index is 13.3. The van der Waals surface area contributed by atoms with Gasteiger partial charge in [-0.25, -0.2) is 4.79 Å². The largest absolute Gasteiger partial charge is 0.481 e. The highest BCUT2D eigenvalue weighted by Gasteiger charge is 2.31. The molecule has 0 aliphatic carbocycles. The third-order valence-electron chi connectivity index (χ3n) is 5.92. The van der Waals surface area contributed by atoms with Crippen LogP contribution in [0.3, 0.4) is 0 Å². The average molecular weight is 543 g/mol. The maximum Gasteiger partial charge on any atom is 0.326 e. The van der Waals surface area contributed by atoms with Crippen molar-refractivity contribution in [3.8, 4) is 0 Å². The molecule has 0 bridgehead atoms. The van der Waals surface area contributed by atoms with E-state index in [1.54, 1.807) is 60.7 Å². The number of nitrogens with two attached hydrogens (primary N) is 1. The smallest absolute Gasteiger partial charge is 0.326 e. The highest BCUT2D eigenvalue weighted by atomic mass is 16.4. The molecule has 0 aromatic heterocycles. The molecule has 0 aliphatic heterocycles. The molecule has 2 aromatic rings. The van der Waals surface area contributed by atoms with E-state index in [2.05, 4.69) is 16.0 Å². The van der Waals surface area contributed by atoms with E-state index in [1.165, 1.54) is 6.92 Å². The first-order valence-electron chi connectivity index (χ1n) is 12.3. The van der Waals surface area contributed by atoms with Gasteiger partial charge < -0.3 is 37.0 Å². The van der Waals surface area contributed by atoms with Gasteiger partial charge in [-0.15, -0.1) is 0 Å². The molecule has 0 saturated heterocycles. The molecule has 8 N–H and O–H groups in total. The van der Waals surface area contributed by atoms with Crippen molar-refractivity contribution in [1.29, 1.82) is 0 Å². The second kappa shape index (κ2) is 15.2. The van der Waals surface area contributed by atoms with Gasteiger partial charge in [0.2, 0.25) is 17.7 Å². The van der Waals surface area contributed by atoms with E-state index in [-0.39, 0.29) is 19.3 Å². The molecule has 0 radical (unpaired) electrons. The van der Waals surface area contributed by atoms with Crippen LogP contribution in [0.2, 0.25) is 0 Å². The second-order valence-corrected chi connectivity index (χ2v) is 9.10. The summed E-state index contributed by atoms with van der Waals surface area (Å²) in [5.41, 5.74) is 6.98. The fourth-order valence-electron chi connectivity index (χ4n) is 3.68. The van der Waals surface area contributed by atoms with Gasteiger partial charge in [0.15, 0.2) is 0 Å². The SMILES string of the molecule is CC(O)C(N)C(=O)NC(CCC(=O)O)C(=O)NC(Cc1ccccc1)C(=O)NC(Cc1ccccc1)C(=O)O. The van der Waals surface area contributed by atoms with Gasteiger partial charge in [-0.1, -0.05) is 60.7 Å². The van der Waals surface area contributed by atoms with E-state index in [9.17, 15) is 34.2 Å². The minimum atomic E-state index is -1.39. The summed E-state index contributed by atoms with van der Waals surface area (Å²) in [5.74, 6) is -5.01. The minimum absolute atomic E-state index is 0.00242. The van der Waals surface area contributed by atoms with Crippen molar-refractivity contribution < 1.29 is 39.3 Å². The van der Waals surface area contributed by atoms with Crippen LogP contribution in [0.15, 0.2) is 60.7 Å². The number of hydrogen-bond acceptors (Lipinski definition) is 7. The number of hydrogen-bond donors (Lipinski definition) is 7. The predicted molar refractivity (Wildman–Crippen MR) is 140 cm³/mol. The molecule has 0 saturated carbocycles. The molecule has 12 heteroatoms. The molecule has 2 aromatic carbocycles. The van der Waals surface area contributed by atoms with Gasteiger partial charge in [-0.2, -0.15) is 0 Å². The van der Waals surface area contributed by atoms with Crippen LogP contribution in [-0.4, -0.2) is 75.3 Å². The van der Waals surface area contributed by atoms with Crippen LogP contribution in [0.5, 0.6) is 0 Å². The molecule has 210 valence electrons. The molecule has 5 unspecified atom stereocenters. The van der Waals surface area contributed by atoms with Gasteiger partial charge in [-0.05, 0) is 24.5 Å². The topological polar surface area (TPSA) is 208 Å². The zero-order valence-corrected chi connectivity index (χ0v) is 21.4. The van der Waals surface area contributed by atoms with Gasteiger partial charge in [0.25, 0.3) is 0 Å². The van der Waals surface area contributed by atoms with E-state index in [0.717, 1.165) is 0 Å². The van der Waals surface area contributed by atoms with Gasteiger partial charge in [0, 0.05) is 19.3 Å². The van der Waals surface area contributed by atoms with Crippen LogP contribution in [0.25, 0.3) is 0 Å². The van der Waals surface area contributed by atoms with Crippen LogP contribution in [-0.2, 0) is 36.8 Å². The van der Waals surface area contributed by atoms with Crippen molar-refractivity contribution >= 4 is 29.7 Å². The second-order valence-electron chi connectivity index (χ2n) is 9.10. The third kappa shape index (κ3) is 10.5. The van der Waals surface area contributed by atoms with Crippen LogP contribution >= 0.6 is 0 Å². The van der Waals surface area contributed by atoms with E-state index in [0.29, 0.717) is 11.1 Å². The van der Waals surface area contributed by atoms with E-state index < -0.39 is 66.4 Å². The molecule has 0 fully saturated rings. The molecule has 5 atom stereocenters. The number of carbonyl (C=O) groups is 5. The Morgan fingerprint density at radius 3 is 1.62 bits per heavy atom. The Morgan fingerprint density at radius 1 is 0.718 bits per heavy atom. The van der Waals surface area contributed by atoms with Crippen LogP contribution in [0, 0.1) is 0 Å². The van der Waals surface area contributed by atoms with Crippen molar-refractivity contribution in [2.45, 2.75) is 62.9 Å². The summed E-state index contributed by atoms with van der Waals surface area (Å²) in [5, 5.41) is 35.7. The Balaban J connectivity index is 2.26. The molecule has 2 rings (SSSR count). The zero-order valence-electron chi connectivity index (χ0n) is 21.4. The lowest BCUT2D eigenvalue weighted by Crippen LogP contribution is -2.58. The molecule has 0 aliphatic rings. The fraction of sp³-hybridized carbons (Fsp3) is 0.370. The molecule has 0 heterocycles. The van der Waals surface area contributed by atoms with Gasteiger partial charge in [-0.3, -0.25) is 19.2 Å². The number of rotatable bonds is 15. The lowest BCUT2D eigenvalue weighted by Gasteiger charge is -2.25. The number of nitrogens with one attached hydrogen (secondary N) is 3. The van der Waals surface area contributed by atoms with Crippen molar-refractivity contribution in [1.82, 2.24) is 16.0 Å². The monoisotopic (exact) mass is 542 g/mol. The predicted octanol–water partition coefficient (Wildman–Crippen LogP) is -0.416. The number of aliphatic carboxylic acids is 2. The Bertz CT molecular complexity index is 1130.